The van der Waals surface area contributed by atoms with E-state index >= 15 is 0 Å². The van der Waals surface area contributed by atoms with Crippen molar-refractivity contribution in [2.45, 2.75) is 0 Å². The summed E-state index contributed by atoms with van der Waals surface area (Å²) < 4.78 is 16.4. The summed E-state index contributed by atoms with van der Waals surface area (Å²) >= 11 is 15.1. The molecule has 0 atom stereocenters. The van der Waals surface area contributed by atoms with Gasteiger partial charge in [0.2, 0.25) is 0 Å². The third-order valence-electron chi connectivity index (χ3n) is 3.30. The summed E-state index contributed by atoms with van der Waals surface area (Å²) in [6.07, 6.45) is 0. The number of amides is 2. The first-order chi connectivity index (χ1) is 13.4. The minimum absolute atomic E-state index is 0.243. The molecule has 0 saturated carbocycles. The second-order valence-corrected chi connectivity index (χ2v) is 7.11. The highest BCUT2D eigenvalue weighted by Gasteiger charge is 2.15. The molecule has 0 aliphatic heterocycles. The van der Waals surface area contributed by atoms with Gasteiger partial charge in [0.05, 0.1) is 17.2 Å². The van der Waals surface area contributed by atoms with Gasteiger partial charge in [-0.25, -0.2) is 0 Å². The van der Waals surface area contributed by atoms with E-state index in [4.69, 9.17) is 37.4 Å². The van der Waals surface area contributed by atoms with Crippen molar-refractivity contribution >= 4 is 50.9 Å². The molecule has 0 radical (unpaired) electrons. The Bertz CT molecular complexity index is 851. The van der Waals surface area contributed by atoms with Crippen molar-refractivity contribution in [3.05, 3.63) is 56.5 Å². The Morgan fingerprint density at radius 2 is 1.75 bits per heavy atom. The minimum Gasteiger partial charge on any atom is -0.490 e. The van der Waals surface area contributed by atoms with E-state index in [1.165, 1.54) is 6.07 Å². The van der Waals surface area contributed by atoms with E-state index < -0.39 is 11.8 Å². The summed E-state index contributed by atoms with van der Waals surface area (Å²) in [4.78, 5) is 24.3. The predicted molar refractivity (Wildman–Crippen MR) is 109 cm³/mol. The lowest BCUT2D eigenvalue weighted by Crippen LogP contribution is -2.44. The Labute approximate surface area is 180 Å². The number of ether oxygens (including phenoxy) is 3. The second kappa shape index (κ2) is 11.1. The molecule has 2 rings (SSSR count). The molecule has 2 aromatic carbocycles. The number of carbonyl (C=O) groups excluding carboxylic acids is 2. The molecule has 0 heterocycles. The third-order valence-corrected chi connectivity index (χ3v) is 4.32. The van der Waals surface area contributed by atoms with E-state index in [0.717, 1.165) is 0 Å². The number of rotatable bonds is 8. The highest BCUT2D eigenvalue weighted by molar-refractivity contribution is 9.10. The highest BCUT2D eigenvalue weighted by Crippen LogP contribution is 2.27. The lowest BCUT2D eigenvalue weighted by atomic mass is 10.2. The Balaban J connectivity index is 1.90. The number of methoxy groups -OCH3 is 1. The molecular formula is C18H17BrCl2N2O5. The second-order valence-electron chi connectivity index (χ2n) is 5.35. The number of hydrogen-bond donors (Lipinski definition) is 2. The number of hydrogen-bond acceptors (Lipinski definition) is 5. The van der Waals surface area contributed by atoms with Crippen molar-refractivity contribution in [2.75, 3.05) is 26.9 Å². The Kier molecular flexibility index (Phi) is 8.85. The molecule has 0 aromatic heterocycles. The van der Waals surface area contributed by atoms with Crippen LogP contribution in [0.3, 0.4) is 0 Å². The molecule has 0 unspecified atom stereocenters. The summed E-state index contributed by atoms with van der Waals surface area (Å²) in [6, 6.07) is 9.58. The quantitative estimate of drug-likeness (QED) is 0.435. The molecule has 2 amide bonds. The van der Waals surface area contributed by atoms with E-state index in [1.54, 1.807) is 37.4 Å². The molecule has 2 N–H and O–H groups in total. The van der Waals surface area contributed by atoms with Crippen LogP contribution in [0.1, 0.15) is 10.4 Å². The van der Waals surface area contributed by atoms with E-state index in [-0.39, 0.29) is 23.8 Å². The fourth-order valence-electron chi connectivity index (χ4n) is 2.01. The smallest absolute Gasteiger partial charge is 0.276 e. The molecule has 0 aliphatic carbocycles. The largest absolute Gasteiger partial charge is 0.490 e. The first-order valence-corrected chi connectivity index (χ1v) is 9.54. The van der Waals surface area contributed by atoms with E-state index in [9.17, 15) is 9.59 Å². The zero-order valence-corrected chi connectivity index (χ0v) is 17.9. The van der Waals surface area contributed by atoms with Crippen molar-refractivity contribution in [3.63, 3.8) is 0 Å². The van der Waals surface area contributed by atoms with Gasteiger partial charge in [0.15, 0.2) is 6.61 Å². The summed E-state index contributed by atoms with van der Waals surface area (Å²) in [7, 11) is 1.55. The predicted octanol–water partition coefficient (Wildman–Crippen LogP) is 3.62. The minimum atomic E-state index is -0.573. The average molecular weight is 492 g/mol. The summed E-state index contributed by atoms with van der Waals surface area (Å²) in [6.45, 7) is 0.302. The van der Waals surface area contributed by atoms with E-state index in [0.29, 0.717) is 27.6 Å². The van der Waals surface area contributed by atoms with Gasteiger partial charge in [0.1, 0.15) is 18.1 Å². The Morgan fingerprint density at radius 1 is 1.00 bits per heavy atom. The van der Waals surface area contributed by atoms with Crippen LogP contribution < -0.4 is 20.3 Å². The fourth-order valence-corrected chi connectivity index (χ4v) is 2.83. The maximum Gasteiger partial charge on any atom is 0.276 e. The molecule has 2 aromatic rings. The Hall–Kier alpha value is -2.00. The van der Waals surface area contributed by atoms with Gasteiger partial charge in [0, 0.05) is 16.6 Å². The van der Waals surface area contributed by atoms with Gasteiger partial charge in [-0.2, -0.15) is 0 Å². The van der Waals surface area contributed by atoms with Gasteiger partial charge in [-0.15, -0.1) is 0 Å². The summed E-state index contributed by atoms with van der Waals surface area (Å²) in [5.41, 5.74) is 4.82. The van der Waals surface area contributed by atoms with Crippen LogP contribution in [0.5, 0.6) is 11.5 Å². The zero-order chi connectivity index (χ0) is 20.5. The van der Waals surface area contributed by atoms with Crippen LogP contribution in [-0.2, 0) is 9.53 Å². The van der Waals surface area contributed by atoms with Crippen LogP contribution in [0.4, 0.5) is 0 Å². The standard InChI is InChI=1S/C18H17BrCl2N2O5/c1-26-6-7-27-15-4-2-11(19)8-13(15)18(25)23-22-17(24)10-28-16-5-3-12(20)9-14(16)21/h2-5,8-9H,6-7,10H2,1H3,(H,22,24)(H,23,25). The molecule has 0 aliphatic rings. The van der Waals surface area contributed by atoms with Gasteiger partial charge < -0.3 is 14.2 Å². The zero-order valence-electron chi connectivity index (χ0n) is 14.8. The maximum atomic E-state index is 12.4. The van der Waals surface area contributed by atoms with E-state index in [2.05, 4.69) is 26.8 Å². The molecule has 0 bridgehead atoms. The van der Waals surface area contributed by atoms with Crippen LogP contribution in [0, 0.1) is 0 Å². The van der Waals surface area contributed by atoms with Crippen molar-refractivity contribution in [1.82, 2.24) is 10.9 Å². The van der Waals surface area contributed by atoms with Crippen LogP contribution in [0.25, 0.3) is 0 Å². The Morgan fingerprint density at radius 3 is 2.46 bits per heavy atom. The van der Waals surface area contributed by atoms with E-state index in [1.807, 2.05) is 0 Å². The molecule has 7 nitrogen and oxygen atoms in total. The van der Waals surface area contributed by atoms with Crippen molar-refractivity contribution in [2.24, 2.45) is 0 Å². The molecule has 0 spiro atoms. The molecular weight excluding hydrogens is 475 g/mol. The normalized spacial score (nSPS) is 10.3. The molecule has 0 saturated heterocycles. The topological polar surface area (TPSA) is 85.9 Å². The number of hydrazine groups is 1. The average Bonchev–Trinajstić information content (AvgIpc) is 2.66. The number of carbonyl (C=O) groups is 2. The van der Waals surface area contributed by atoms with Crippen molar-refractivity contribution in [1.29, 1.82) is 0 Å². The lowest BCUT2D eigenvalue weighted by Gasteiger charge is -2.13. The highest BCUT2D eigenvalue weighted by atomic mass is 79.9. The SMILES string of the molecule is COCCOc1ccc(Br)cc1C(=O)NNC(=O)COc1ccc(Cl)cc1Cl. The van der Waals surface area contributed by atoms with Gasteiger partial charge in [-0.1, -0.05) is 39.1 Å². The van der Waals surface area contributed by atoms with Crippen LogP contribution in [0.2, 0.25) is 10.0 Å². The first kappa shape index (κ1) is 22.3. The van der Waals surface area contributed by atoms with Gasteiger partial charge in [-0.3, -0.25) is 20.4 Å². The van der Waals surface area contributed by atoms with Crippen LogP contribution in [-0.4, -0.2) is 38.7 Å². The molecule has 150 valence electrons. The summed E-state index contributed by atoms with van der Waals surface area (Å²) in [5.74, 6) is -0.465. The molecule has 28 heavy (non-hydrogen) atoms. The lowest BCUT2D eigenvalue weighted by molar-refractivity contribution is -0.123. The third kappa shape index (κ3) is 6.87. The van der Waals surface area contributed by atoms with Gasteiger partial charge in [0.25, 0.3) is 11.8 Å². The first-order valence-electron chi connectivity index (χ1n) is 7.99. The molecule has 0 fully saturated rings. The van der Waals surface area contributed by atoms with Crippen LogP contribution >= 0.6 is 39.1 Å². The monoisotopic (exact) mass is 490 g/mol. The van der Waals surface area contributed by atoms with Gasteiger partial charge >= 0.3 is 0 Å². The van der Waals surface area contributed by atoms with Crippen molar-refractivity contribution < 1.29 is 23.8 Å². The number of nitrogens with one attached hydrogen (secondary N) is 2. The number of halogens is 3. The maximum absolute atomic E-state index is 12.4. The van der Waals surface area contributed by atoms with Crippen molar-refractivity contribution in [3.8, 4) is 11.5 Å². The van der Waals surface area contributed by atoms with Gasteiger partial charge in [-0.05, 0) is 36.4 Å². The summed E-state index contributed by atoms with van der Waals surface area (Å²) in [5, 5.41) is 0.725. The van der Waals surface area contributed by atoms with Crippen LogP contribution in [0.15, 0.2) is 40.9 Å². The fraction of sp³-hybridized carbons (Fsp3) is 0.222. The molecule has 10 heteroatoms. The number of benzene rings is 2.